The smallest absolute Gasteiger partial charge is 0.350 e. The van der Waals surface area contributed by atoms with Gasteiger partial charge in [0.1, 0.15) is 18.4 Å². The van der Waals surface area contributed by atoms with Gasteiger partial charge in [0.25, 0.3) is 0 Å². The number of nitrogens with zero attached hydrogens (tertiary/aromatic N) is 1. The Morgan fingerprint density at radius 1 is 1.17 bits per heavy atom. The second kappa shape index (κ2) is 8.25. The molecule has 0 radical (unpaired) electrons. The minimum Gasteiger partial charge on any atom is -0.489 e. The first-order valence-corrected chi connectivity index (χ1v) is 6.95. The van der Waals surface area contributed by atoms with E-state index in [9.17, 15) is 4.79 Å². The molecule has 0 amide bonds. The maximum atomic E-state index is 11.3. The van der Waals surface area contributed by atoms with E-state index in [1.807, 2.05) is 42.5 Å². The van der Waals surface area contributed by atoms with Crippen molar-refractivity contribution in [2.24, 2.45) is 0 Å². The summed E-state index contributed by atoms with van der Waals surface area (Å²) in [5.74, 6) is 0.0553. The summed E-state index contributed by atoms with van der Waals surface area (Å²) >= 11 is 0. The molecule has 0 aromatic heterocycles. The van der Waals surface area contributed by atoms with E-state index in [0.29, 0.717) is 6.61 Å². The van der Waals surface area contributed by atoms with Crippen LogP contribution < -0.4 is 10.1 Å². The number of anilines is 1. The third kappa shape index (κ3) is 4.90. The maximum Gasteiger partial charge on any atom is 0.350 e. The summed E-state index contributed by atoms with van der Waals surface area (Å²) in [6.07, 6.45) is 1.31. The molecule has 0 aliphatic heterocycles. The number of methoxy groups -OCH3 is 1. The number of nitriles is 1. The van der Waals surface area contributed by atoms with Crippen LogP contribution in [0.5, 0.6) is 5.75 Å². The van der Waals surface area contributed by atoms with E-state index in [1.54, 1.807) is 18.2 Å². The molecule has 116 valence electrons. The molecular weight excluding hydrogens is 292 g/mol. The average molecular weight is 308 g/mol. The van der Waals surface area contributed by atoms with E-state index in [-0.39, 0.29) is 5.57 Å². The first kappa shape index (κ1) is 16.1. The molecule has 0 spiro atoms. The zero-order valence-corrected chi connectivity index (χ0v) is 12.7. The number of rotatable bonds is 6. The van der Waals surface area contributed by atoms with Gasteiger partial charge in [-0.1, -0.05) is 30.3 Å². The summed E-state index contributed by atoms with van der Waals surface area (Å²) < 4.78 is 10.2. The van der Waals surface area contributed by atoms with Crippen molar-refractivity contribution < 1.29 is 14.3 Å². The minimum absolute atomic E-state index is 0.100. The number of benzene rings is 2. The molecule has 0 heterocycles. The van der Waals surface area contributed by atoms with Gasteiger partial charge in [-0.15, -0.1) is 0 Å². The number of nitrogens with one attached hydrogen (secondary N) is 1. The van der Waals surface area contributed by atoms with E-state index >= 15 is 0 Å². The molecule has 0 saturated carbocycles. The van der Waals surface area contributed by atoms with E-state index in [4.69, 9.17) is 10.00 Å². The summed E-state index contributed by atoms with van der Waals surface area (Å²) in [5.41, 5.74) is 1.72. The van der Waals surface area contributed by atoms with Crippen molar-refractivity contribution in [3.05, 3.63) is 71.9 Å². The van der Waals surface area contributed by atoms with Crippen LogP contribution >= 0.6 is 0 Å². The van der Waals surface area contributed by atoms with Crippen molar-refractivity contribution in [2.45, 2.75) is 6.61 Å². The van der Waals surface area contributed by atoms with Gasteiger partial charge in [-0.25, -0.2) is 4.79 Å². The van der Waals surface area contributed by atoms with Crippen LogP contribution in [0.2, 0.25) is 0 Å². The van der Waals surface area contributed by atoms with E-state index in [2.05, 4.69) is 10.1 Å². The summed E-state index contributed by atoms with van der Waals surface area (Å²) in [5, 5.41) is 11.7. The largest absolute Gasteiger partial charge is 0.489 e. The molecule has 23 heavy (non-hydrogen) atoms. The molecule has 1 N–H and O–H groups in total. The Hall–Kier alpha value is -3.26. The predicted molar refractivity (Wildman–Crippen MR) is 86.6 cm³/mol. The Labute approximate surface area is 134 Å². The van der Waals surface area contributed by atoms with Gasteiger partial charge < -0.3 is 14.8 Å². The van der Waals surface area contributed by atoms with Gasteiger partial charge in [0, 0.05) is 11.9 Å². The van der Waals surface area contributed by atoms with E-state index < -0.39 is 5.97 Å². The fraction of sp³-hybridized carbons (Fsp3) is 0.111. The van der Waals surface area contributed by atoms with Crippen LogP contribution in [0.1, 0.15) is 5.56 Å². The minimum atomic E-state index is -0.678. The third-order valence-corrected chi connectivity index (χ3v) is 3.01. The van der Waals surface area contributed by atoms with Gasteiger partial charge in [0.2, 0.25) is 0 Å². The fourth-order valence-electron chi connectivity index (χ4n) is 1.79. The molecule has 0 atom stereocenters. The molecule has 0 saturated heterocycles. The summed E-state index contributed by atoms with van der Waals surface area (Å²) in [4.78, 5) is 11.3. The molecular formula is C18H16N2O3. The molecule has 0 bridgehead atoms. The maximum absolute atomic E-state index is 11.3. The molecule has 5 nitrogen and oxygen atoms in total. The van der Waals surface area contributed by atoms with Crippen LogP contribution in [0.25, 0.3) is 0 Å². The van der Waals surface area contributed by atoms with Crippen LogP contribution in [-0.4, -0.2) is 13.1 Å². The summed E-state index contributed by atoms with van der Waals surface area (Å²) in [6, 6.07) is 18.9. The van der Waals surface area contributed by atoms with Crippen molar-refractivity contribution in [3.63, 3.8) is 0 Å². The first-order chi connectivity index (χ1) is 11.2. The molecule has 2 aromatic carbocycles. The number of esters is 1. The van der Waals surface area contributed by atoms with Crippen LogP contribution in [-0.2, 0) is 16.1 Å². The number of ether oxygens (including phenoxy) is 2. The second-order valence-electron chi connectivity index (χ2n) is 4.60. The number of hydrogen-bond donors (Lipinski definition) is 1. The Morgan fingerprint density at radius 3 is 2.48 bits per heavy atom. The van der Waals surface area contributed by atoms with Crippen LogP contribution in [0.15, 0.2) is 66.4 Å². The number of hydrogen-bond acceptors (Lipinski definition) is 5. The van der Waals surface area contributed by atoms with Crippen LogP contribution in [0.3, 0.4) is 0 Å². The molecule has 0 unspecified atom stereocenters. The van der Waals surface area contributed by atoms with Crippen LogP contribution in [0, 0.1) is 11.3 Å². The first-order valence-electron chi connectivity index (χ1n) is 6.95. The lowest BCUT2D eigenvalue weighted by Crippen LogP contribution is -2.05. The normalized spacial score (nSPS) is 10.5. The van der Waals surface area contributed by atoms with Gasteiger partial charge >= 0.3 is 5.97 Å². The zero-order valence-electron chi connectivity index (χ0n) is 12.7. The highest BCUT2D eigenvalue weighted by Gasteiger charge is 2.07. The van der Waals surface area contributed by atoms with Crippen molar-refractivity contribution in [2.75, 3.05) is 12.4 Å². The molecule has 2 aromatic rings. The topological polar surface area (TPSA) is 71.4 Å². The van der Waals surface area contributed by atoms with Crippen LogP contribution in [0.4, 0.5) is 5.69 Å². The standard InChI is InChI=1S/C18H16N2O3/c1-22-18(21)15(11-19)12-20-16-7-9-17(10-8-16)23-13-14-5-3-2-4-6-14/h2-10,12,20H,13H2,1H3/b15-12+. The highest BCUT2D eigenvalue weighted by molar-refractivity contribution is 5.93. The lowest BCUT2D eigenvalue weighted by atomic mass is 10.2. The number of carbonyl (C=O) groups is 1. The van der Waals surface area contributed by atoms with Gasteiger partial charge in [-0.3, -0.25) is 0 Å². The second-order valence-corrected chi connectivity index (χ2v) is 4.60. The summed E-state index contributed by atoms with van der Waals surface area (Å²) in [6.45, 7) is 0.494. The Bertz CT molecular complexity index is 716. The lowest BCUT2D eigenvalue weighted by Gasteiger charge is -2.07. The SMILES string of the molecule is COC(=O)/C(C#N)=C/Nc1ccc(OCc2ccccc2)cc1. The molecule has 0 aliphatic rings. The van der Waals surface area contributed by atoms with Crippen molar-refractivity contribution in [1.82, 2.24) is 0 Å². The average Bonchev–Trinajstić information content (AvgIpc) is 2.62. The lowest BCUT2D eigenvalue weighted by molar-refractivity contribution is -0.135. The van der Waals surface area contributed by atoms with E-state index in [0.717, 1.165) is 17.0 Å². The van der Waals surface area contributed by atoms with Crippen molar-refractivity contribution >= 4 is 11.7 Å². The van der Waals surface area contributed by atoms with Crippen molar-refractivity contribution in [1.29, 1.82) is 5.26 Å². The predicted octanol–water partition coefficient (Wildman–Crippen LogP) is 3.26. The van der Waals surface area contributed by atoms with Gasteiger partial charge in [0.15, 0.2) is 5.57 Å². The van der Waals surface area contributed by atoms with E-state index in [1.165, 1.54) is 13.3 Å². The fourth-order valence-corrected chi connectivity index (χ4v) is 1.79. The molecule has 0 fully saturated rings. The molecule has 0 aliphatic carbocycles. The van der Waals surface area contributed by atoms with Gasteiger partial charge in [0.05, 0.1) is 7.11 Å². The highest BCUT2D eigenvalue weighted by Crippen LogP contribution is 2.17. The monoisotopic (exact) mass is 308 g/mol. The quantitative estimate of drug-likeness (QED) is 0.504. The third-order valence-electron chi connectivity index (χ3n) is 3.01. The van der Waals surface area contributed by atoms with Gasteiger partial charge in [-0.2, -0.15) is 5.26 Å². The molecule has 5 heteroatoms. The number of carbonyl (C=O) groups excluding carboxylic acids is 1. The molecule has 2 rings (SSSR count). The van der Waals surface area contributed by atoms with Crippen molar-refractivity contribution in [3.8, 4) is 11.8 Å². The zero-order chi connectivity index (χ0) is 16.5. The Balaban J connectivity index is 1.93. The summed E-state index contributed by atoms with van der Waals surface area (Å²) in [7, 11) is 1.23. The van der Waals surface area contributed by atoms with Gasteiger partial charge in [-0.05, 0) is 29.8 Å². The Morgan fingerprint density at radius 2 is 1.87 bits per heavy atom. The highest BCUT2D eigenvalue weighted by atomic mass is 16.5. The Kier molecular flexibility index (Phi) is 5.78.